The highest BCUT2D eigenvalue weighted by Gasteiger charge is 2.50. The molecular weight excluding hydrogens is 502 g/mol. The van der Waals surface area contributed by atoms with Gasteiger partial charge in [-0.3, -0.25) is 4.79 Å². The van der Waals surface area contributed by atoms with E-state index >= 15 is 0 Å². The van der Waals surface area contributed by atoms with Crippen molar-refractivity contribution in [2.75, 3.05) is 7.11 Å². The Bertz CT molecular complexity index is 1480. The molecule has 3 aromatic heterocycles. The monoisotopic (exact) mass is 534 g/mol. The van der Waals surface area contributed by atoms with Crippen molar-refractivity contribution >= 4 is 38.4 Å². The first kappa shape index (κ1) is 25.7. The van der Waals surface area contributed by atoms with Gasteiger partial charge in [-0.25, -0.2) is 19.5 Å². The number of fused-ring (bicyclic) bond motifs is 2. The minimum atomic E-state index is -0.536. The molecule has 0 saturated carbocycles. The summed E-state index contributed by atoms with van der Waals surface area (Å²) in [5.41, 5.74) is 6.89. The standard InChI is InChI=1S/C28H32N5O2S2/c1-15-11-16(2)30-26(29-15)37-36-14-22-17(3)23(35-8)9-10-33(22)25-31-20-12-18-19(13-21(20)32-25)28(6,7)24(34)27(18,4)5/h9-13H,14H2,1-8H3,(H,31,32)/q+1. The van der Waals surface area contributed by atoms with Gasteiger partial charge in [0.2, 0.25) is 0 Å². The zero-order chi connectivity index (χ0) is 26.7. The van der Waals surface area contributed by atoms with Crippen LogP contribution in [0, 0.1) is 20.8 Å². The van der Waals surface area contributed by atoms with Crippen LogP contribution in [-0.4, -0.2) is 32.8 Å². The zero-order valence-corrected chi connectivity index (χ0v) is 24.1. The fourth-order valence-corrected chi connectivity index (χ4v) is 7.41. The number of nitrogens with one attached hydrogen (secondary N) is 1. The fraction of sp³-hybridized carbons (Fsp3) is 0.393. The lowest BCUT2D eigenvalue weighted by atomic mass is 9.80. The van der Waals surface area contributed by atoms with Crippen molar-refractivity contribution in [3.8, 4) is 11.7 Å². The van der Waals surface area contributed by atoms with Gasteiger partial charge < -0.3 is 4.74 Å². The number of ether oxygens (including phenoxy) is 1. The number of nitrogens with zero attached hydrogens (tertiary/aromatic N) is 4. The molecule has 0 bridgehead atoms. The van der Waals surface area contributed by atoms with Gasteiger partial charge in [0.15, 0.2) is 16.5 Å². The number of pyridine rings is 1. The third kappa shape index (κ3) is 4.32. The number of H-pyrrole nitrogens is 1. The Kier molecular flexibility index (Phi) is 6.35. The van der Waals surface area contributed by atoms with Crippen molar-refractivity contribution < 1.29 is 14.1 Å². The number of hydrogen-bond donors (Lipinski definition) is 1. The molecule has 192 valence electrons. The molecular formula is C28H32N5O2S2+. The van der Waals surface area contributed by atoms with E-state index in [1.165, 1.54) is 0 Å². The third-order valence-electron chi connectivity index (χ3n) is 7.30. The van der Waals surface area contributed by atoms with Crippen LogP contribution in [0.15, 0.2) is 35.6 Å². The average molecular weight is 535 g/mol. The van der Waals surface area contributed by atoms with E-state index in [0.29, 0.717) is 5.75 Å². The van der Waals surface area contributed by atoms with Crippen LogP contribution in [0.3, 0.4) is 0 Å². The van der Waals surface area contributed by atoms with E-state index < -0.39 is 10.8 Å². The Morgan fingerprint density at radius 3 is 2.27 bits per heavy atom. The molecule has 0 fully saturated rings. The second kappa shape index (κ2) is 9.13. The Hall–Kier alpha value is -2.91. The van der Waals surface area contributed by atoms with Gasteiger partial charge in [-0.05, 0) is 88.6 Å². The maximum atomic E-state index is 13.1. The number of hydrogen-bond acceptors (Lipinski definition) is 7. The molecule has 5 rings (SSSR count). The molecule has 0 unspecified atom stereocenters. The number of aromatic nitrogens is 5. The van der Waals surface area contributed by atoms with Gasteiger partial charge in [0, 0.05) is 33.8 Å². The molecule has 0 saturated heterocycles. The number of ketones is 1. The van der Waals surface area contributed by atoms with Gasteiger partial charge in [-0.1, -0.05) is 15.8 Å². The topological polar surface area (TPSA) is 84.6 Å². The maximum absolute atomic E-state index is 13.1. The molecule has 0 atom stereocenters. The van der Waals surface area contributed by atoms with Gasteiger partial charge in [-0.15, -0.1) is 0 Å². The predicted molar refractivity (Wildman–Crippen MR) is 149 cm³/mol. The van der Waals surface area contributed by atoms with Crippen LogP contribution in [0.5, 0.6) is 5.75 Å². The second-order valence-corrected chi connectivity index (χ2v) is 12.9. The van der Waals surface area contributed by atoms with Crippen LogP contribution < -0.4 is 9.30 Å². The highest BCUT2D eigenvalue weighted by molar-refractivity contribution is 8.76. The Balaban J connectivity index is 1.53. The molecule has 1 aliphatic carbocycles. The van der Waals surface area contributed by atoms with E-state index in [1.807, 2.05) is 59.9 Å². The lowest BCUT2D eigenvalue weighted by Crippen LogP contribution is -2.37. The number of carbonyl (C=O) groups excluding carboxylic acids is 1. The van der Waals surface area contributed by atoms with Crippen molar-refractivity contribution in [3.63, 3.8) is 0 Å². The number of benzene rings is 1. The van der Waals surface area contributed by atoms with E-state index in [1.54, 1.807) is 28.7 Å². The first-order valence-electron chi connectivity index (χ1n) is 12.2. The Labute approximate surface area is 225 Å². The lowest BCUT2D eigenvalue weighted by molar-refractivity contribution is -0.610. The van der Waals surface area contributed by atoms with E-state index in [0.717, 1.165) is 61.7 Å². The smallest absolute Gasteiger partial charge is 0.402 e. The maximum Gasteiger partial charge on any atom is 0.402 e. The molecule has 0 spiro atoms. The highest BCUT2D eigenvalue weighted by Crippen LogP contribution is 2.47. The molecule has 7 nitrogen and oxygen atoms in total. The molecule has 1 aliphatic rings. The number of Topliss-reactive ketones (excluding diaryl/α,β-unsaturated/α-hetero) is 1. The van der Waals surface area contributed by atoms with Crippen molar-refractivity contribution in [1.29, 1.82) is 0 Å². The van der Waals surface area contributed by atoms with Gasteiger partial charge in [-0.2, -0.15) is 0 Å². The average Bonchev–Trinajstić information content (AvgIpc) is 3.30. The molecule has 3 heterocycles. The summed E-state index contributed by atoms with van der Waals surface area (Å²) in [5, 5.41) is 0.757. The number of imidazole rings is 1. The lowest BCUT2D eigenvalue weighted by Gasteiger charge is -2.21. The van der Waals surface area contributed by atoms with E-state index in [9.17, 15) is 4.79 Å². The molecule has 0 aliphatic heterocycles. The van der Waals surface area contributed by atoms with Crippen molar-refractivity contribution in [2.24, 2.45) is 0 Å². The summed E-state index contributed by atoms with van der Waals surface area (Å²) < 4.78 is 7.71. The fourth-order valence-electron chi connectivity index (χ4n) is 5.36. The first-order chi connectivity index (χ1) is 17.4. The van der Waals surface area contributed by atoms with Gasteiger partial charge >= 0.3 is 5.95 Å². The van der Waals surface area contributed by atoms with Crippen LogP contribution in [0.25, 0.3) is 17.0 Å². The minimum Gasteiger partial charge on any atom is -0.496 e. The number of methoxy groups -OCH3 is 1. The summed E-state index contributed by atoms with van der Waals surface area (Å²) >= 11 is 0. The molecule has 1 aromatic carbocycles. The van der Waals surface area contributed by atoms with E-state index in [2.05, 4.69) is 38.6 Å². The van der Waals surface area contributed by atoms with Crippen LogP contribution >= 0.6 is 21.6 Å². The van der Waals surface area contributed by atoms with Crippen LogP contribution in [0.1, 0.15) is 61.5 Å². The van der Waals surface area contributed by atoms with Crippen LogP contribution in [0.2, 0.25) is 0 Å². The molecule has 0 radical (unpaired) electrons. The molecule has 0 amide bonds. The number of aryl methyl sites for hydroxylation is 2. The first-order valence-corrected chi connectivity index (χ1v) is 14.5. The van der Waals surface area contributed by atoms with E-state index in [-0.39, 0.29) is 5.78 Å². The second-order valence-electron chi connectivity index (χ2n) is 10.7. The summed E-state index contributed by atoms with van der Waals surface area (Å²) in [5.74, 6) is 2.51. The van der Waals surface area contributed by atoms with Crippen molar-refractivity contribution in [2.45, 2.75) is 70.2 Å². The molecule has 37 heavy (non-hydrogen) atoms. The highest BCUT2D eigenvalue weighted by atomic mass is 33.1. The Morgan fingerprint density at radius 2 is 1.62 bits per heavy atom. The van der Waals surface area contributed by atoms with E-state index in [4.69, 9.17) is 9.72 Å². The predicted octanol–water partition coefficient (Wildman–Crippen LogP) is 5.64. The summed E-state index contributed by atoms with van der Waals surface area (Å²) in [6.07, 6.45) is 1.99. The zero-order valence-electron chi connectivity index (χ0n) is 22.5. The van der Waals surface area contributed by atoms with Gasteiger partial charge in [0.1, 0.15) is 17.0 Å². The van der Waals surface area contributed by atoms with Crippen LogP contribution in [0.4, 0.5) is 0 Å². The normalized spacial score (nSPS) is 15.8. The number of carbonyl (C=O) groups is 1. The van der Waals surface area contributed by atoms with Crippen molar-refractivity contribution in [1.82, 2.24) is 19.9 Å². The molecule has 4 aromatic rings. The largest absolute Gasteiger partial charge is 0.496 e. The molecule has 1 N–H and O–H groups in total. The Morgan fingerprint density at radius 1 is 0.973 bits per heavy atom. The van der Waals surface area contributed by atoms with Gasteiger partial charge in [0.25, 0.3) is 0 Å². The summed E-state index contributed by atoms with van der Waals surface area (Å²) in [6, 6.07) is 8.12. The summed E-state index contributed by atoms with van der Waals surface area (Å²) in [4.78, 5) is 30.7. The summed E-state index contributed by atoms with van der Waals surface area (Å²) in [7, 11) is 4.94. The number of rotatable bonds is 6. The van der Waals surface area contributed by atoms with Crippen LogP contribution in [-0.2, 0) is 21.4 Å². The number of aromatic amines is 1. The van der Waals surface area contributed by atoms with Gasteiger partial charge in [0.05, 0.1) is 19.1 Å². The van der Waals surface area contributed by atoms with Crippen molar-refractivity contribution in [3.05, 3.63) is 64.2 Å². The molecule has 9 heteroatoms. The third-order valence-corrected chi connectivity index (χ3v) is 9.29. The summed E-state index contributed by atoms with van der Waals surface area (Å²) in [6.45, 7) is 14.1. The minimum absolute atomic E-state index is 0.243. The quantitative estimate of drug-likeness (QED) is 0.195. The SMILES string of the molecule is COc1cc[n+](-c2nc3cc4c(cc3[nH]2)C(C)(C)C(=O)C4(C)C)c(CSSc2nc(C)cc(C)n2)c1C.